The van der Waals surface area contributed by atoms with Crippen LogP contribution < -0.4 is 0 Å². The number of alkyl halides is 3. The molecule has 10 heteroatoms. The van der Waals surface area contributed by atoms with Gasteiger partial charge in [-0.05, 0) is 38.3 Å². The monoisotopic (exact) mass is 432 g/mol. The SMILES string of the molecule is C[C@@H]1CCCCN1C(=O)CN1CCN(C(=O)c2ccc(C(F)(F)F)nc2Cl)CC1. The molecule has 0 aliphatic carbocycles. The molecule has 3 heterocycles. The Morgan fingerprint density at radius 3 is 2.41 bits per heavy atom. The van der Waals surface area contributed by atoms with Gasteiger partial charge in [0.25, 0.3) is 5.91 Å². The zero-order chi connectivity index (χ0) is 21.2. The first-order chi connectivity index (χ1) is 13.7. The number of amides is 2. The normalized spacial score (nSPS) is 21.3. The molecule has 160 valence electrons. The molecular formula is C19H24ClF3N4O2. The fraction of sp³-hybridized carbons (Fsp3) is 0.632. The predicted octanol–water partition coefficient (Wildman–Crippen LogP) is 2.91. The van der Waals surface area contributed by atoms with Crippen LogP contribution in [0, 0.1) is 0 Å². The number of piperidine rings is 1. The van der Waals surface area contributed by atoms with Crippen molar-refractivity contribution in [3.63, 3.8) is 0 Å². The number of hydrogen-bond donors (Lipinski definition) is 0. The molecule has 2 amide bonds. The van der Waals surface area contributed by atoms with E-state index in [2.05, 4.69) is 11.9 Å². The van der Waals surface area contributed by atoms with Gasteiger partial charge in [-0.2, -0.15) is 13.2 Å². The highest BCUT2D eigenvalue weighted by molar-refractivity contribution is 6.32. The highest BCUT2D eigenvalue weighted by atomic mass is 35.5. The van der Waals surface area contributed by atoms with Crippen LogP contribution >= 0.6 is 11.6 Å². The van der Waals surface area contributed by atoms with Crippen molar-refractivity contribution in [2.45, 2.75) is 38.4 Å². The van der Waals surface area contributed by atoms with Gasteiger partial charge in [-0.25, -0.2) is 4.98 Å². The van der Waals surface area contributed by atoms with Crippen LogP contribution in [0.3, 0.4) is 0 Å². The third-order valence-corrected chi connectivity index (χ3v) is 5.80. The highest BCUT2D eigenvalue weighted by Gasteiger charge is 2.34. The number of hydrogen-bond acceptors (Lipinski definition) is 4. The first kappa shape index (κ1) is 21.8. The lowest BCUT2D eigenvalue weighted by molar-refractivity contribution is -0.141. The first-order valence-electron chi connectivity index (χ1n) is 9.71. The maximum absolute atomic E-state index is 12.7. The van der Waals surface area contributed by atoms with E-state index in [-0.39, 0.29) is 17.5 Å². The maximum atomic E-state index is 12.7. The van der Waals surface area contributed by atoms with Crippen molar-refractivity contribution in [2.75, 3.05) is 39.3 Å². The summed E-state index contributed by atoms with van der Waals surface area (Å²) in [5, 5.41) is -0.457. The molecule has 6 nitrogen and oxygen atoms in total. The Kier molecular flexibility index (Phi) is 6.68. The minimum absolute atomic E-state index is 0.0497. The number of likely N-dealkylation sites (tertiary alicyclic amines) is 1. The predicted molar refractivity (Wildman–Crippen MR) is 102 cm³/mol. The molecule has 0 spiro atoms. The van der Waals surface area contributed by atoms with E-state index in [4.69, 9.17) is 11.6 Å². The largest absolute Gasteiger partial charge is 0.433 e. The second-order valence-corrected chi connectivity index (χ2v) is 7.89. The minimum Gasteiger partial charge on any atom is -0.339 e. The molecular weight excluding hydrogens is 409 g/mol. The molecule has 1 atom stereocenters. The van der Waals surface area contributed by atoms with E-state index in [9.17, 15) is 22.8 Å². The molecule has 0 bridgehead atoms. The highest BCUT2D eigenvalue weighted by Crippen LogP contribution is 2.29. The second-order valence-electron chi connectivity index (χ2n) is 7.53. The molecule has 29 heavy (non-hydrogen) atoms. The van der Waals surface area contributed by atoms with Crippen LogP contribution in [-0.4, -0.2) is 76.8 Å². The van der Waals surface area contributed by atoms with E-state index >= 15 is 0 Å². The summed E-state index contributed by atoms with van der Waals surface area (Å²) in [6, 6.07) is 2.08. The first-order valence-corrected chi connectivity index (χ1v) is 10.1. The number of piperazine rings is 1. The molecule has 0 aromatic carbocycles. The van der Waals surface area contributed by atoms with Crippen LogP contribution in [0.25, 0.3) is 0 Å². The van der Waals surface area contributed by atoms with Gasteiger partial charge in [0, 0.05) is 38.8 Å². The third kappa shape index (κ3) is 5.19. The number of rotatable bonds is 3. The molecule has 2 aliphatic rings. The van der Waals surface area contributed by atoms with Gasteiger partial charge in [-0.1, -0.05) is 11.6 Å². The molecule has 0 radical (unpaired) electrons. The average Bonchev–Trinajstić information content (AvgIpc) is 2.67. The van der Waals surface area contributed by atoms with Crippen LogP contribution in [0.5, 0.6) is 0 Å². The van der Waals surface area contributed by atoms with Crippen molar-refractivity contribution in [1.29, 1.82) is 0 Å². The quantitative estimate of drug-likeness (QED) is 0.689. The van der Waals surface area contributed by atoms with Gasteiger partial charge in [0.05, 0.1) is 12.1 Å². The van der Waals surface area contributed by atoms with Crippen molar-refractivity contribution in [3.05, 3.63) is 28.5 Å². The zero-order valence-electron chi connectivity index (χ0n) is 16.2. The Balaban J connectivity index is 1.55. The third-order valence-electron chi connectivity index (χ3n) is 5.51. The molecule has 0 saturated carbocycles. The molecule has 3 rings (SSSR count). The van der Waals surface area contributed by atoms with Crippen molar-refractivity contribution in [2.24, 2.45) is 0 Å². The van der Waals surface area contributed by atoms with E-state index in [1.807, 2.05) is 9.80 Å². The van der Waals surface area contributed by atoms with Crippen molar-refractivity contribution in [3.8, 4) is 0 Å². The molecule has 1 aromatic rings. The van der Waals surface area contributed by atoms with Crippen LogP contribution in [0.4, 0.5) is 13.2 Å². The number of nitrogens with zero attached hydrogens (tertiary/aromatic N) is 4. The summed E-state index contributed by atoms with van der Waals surface area (Å²) >= 11 is 5.83. The van der Waals surface area contributed by atoms with Crippen LogP contribution in [0.1, 0.15) is 42.2 Å². The number of aromatic nitrogens is 1. The van der Waals surface area contributed by atoms with E-state index in [1.54, 1.807) is 0 Å². The van der Waals surface area contributed by atoms with Gasteiger partial charge in [-0.3, -0.25) is 14.5 Å². The average molecular weight is 433 g/mol. The van der Waals surface area contributed by atoms with Crippen LogP contribution in [0.2, 0.25) is 5.15 Å². The Labute approximate surface area is 172 Å². The number of carbonyl (C=O) groups is 2. The lowest BCUT2D eigenvalue weighted by atomic mass is 10.0. The fourth-order valence-corrected chi connectivity index (χ4v) is 4.02. The molecule has 0 N–H and O–H groups in total. The second kappa shape index (κ2) is 8.87. The summed E-state index contributed by atoms with van der Waals surface area (Å²) in [5.74, 6) is -0.348. The van der Waals surface area contributed by atoms with Crippen LogP contribution in [0.15, 0.2) is 12.1 Å². The lowest BCUT2D eigenvalue weighted by Gasteiger charge is -2.38. The van der Waals surface area contributed by atoms with E-state index in [1.165, 1.54) is 4.90 Å². The van der Waals surface area contributed by atoms with E-state index in [0.29, 0.717) is 32.7 Å². The number of pyridine rings is 1. The van der Waals surface area contributed by atoms with Crippen molar-refractivity contribution < 1.29 is 22.8 Å². The fourth-order valence-electron chi connectivity index (χ4n) is 3.78. The summed E-state index contributed by atoms with van der Waals surface area (Å²) in [7, 11) is 0. The zero-order valence-corrected chi connectivity index (χ0v) is 17.0. The molecule has 2 fully saturated rings. The molecule has 2 saturated heterocycles. The van der Waals surface area contributed by atoms with Gasteiger partial charge in [-0.15, -0.1) is 0 Å². The summed E-state index contributed by atoms with van der Waals surface area (Å²) in [6.07, 6.45) is -1.42. The van der Waals surface area contributed by atoms with Gasteiger partial charge < -0.3 is 9.80 Å². The Bertz CT molecular complexity index is 766. The van der Waals surface area contributed by atoms with Gasteiger partial charge >= 0.3 is 6.18 Å². The summed E-state index contributed by atoms with van der Waals surface area (Å²) in [4.78, 5) is 33.9. The van der Waals surface area contributed by atoms with Gasteiger partial charge in [0.15, 0.2) is 0 Å². The molecule has 2 aliphatic heterocycles. The Hall–Kier alpha value is -1.87. The number of carbonyl (C=O) groups excluding carboxylic acids is 2. The summed E-state index contributed by atoms with van der Waals surface area (Å²) < 4.78 is 38.1. The standard InChI is InChI=1S/C19H24ClF3N4O2/c1-13-4-2-3-7-27(13)16(28)12-25-8-10-26(11-9-25)18(29)14-5-6-15(19(21,22)23)24-17(14)20/h5-6,13H,2-4,7-12H2,1H3/t13-/m1/s1. The van der Waals surface area contributed by atoms with E-state index in [0.717, 1.165) is 37.9 Å². The Morgan fingerprint density at radius 1 is 1.14 bits per heavy atom. The maximum Gasteiger partial charge on any atom is 0.433 e. The van der Waals surface area contributed by atoms with E-state index < -0.39 is 22.9 Å². The summed E-state index contributed by atoms with van der Waals surface area (Å²) in [5.41, 5.74) is -1.18. The Morgan fingerprint density at radius 2 is 1.83 bits per heavy atom. The van der Waals surface area contributed by atoms with Crippen molar-refractivity contribution >= 4 is 23.4 Å². The molecule has 1 aromatic heterocycles. The lowest BCUT2D eigenvalue weighted by Crippen LogP contribution is -2.53. The summed E-state index contributed by atoms with van der Waals surface area (Å²) in [6.45, 7) is 4.96. The van der Waals surface area contributed by atoms with Crippen LogP contribution in [-0.2, 0) is 11.0 Å². The van der Waals surface area contributed by atoms with Gasteiger partial charge in [0.2, 0.25) is 5.91 Å². The number of halogens is 4. The smallest absolute Gasteiger partial charge is 0.339 e. The topological polar surface area (TPSA) is 56.8 Å². The van der Waals surface area contributed by atoms with Gasteiger partial charge in [0.1, 0.15) is 10.8 Å². The molecule has 0 unspecified atom stereocenters. The minimum atomic E-state index is -4.62. The van der Waals surface area contributed by atoms with Crippen molar-refractivity contribution in [1.82, 2.24) is 19.7 Å².